The van der Waals surface area contributed by atoms with Gasteiger partial charge in [-0.1, -0.05) is 43.4 Å². The molecule has 0 N–H and O–H groups in total. The van der Waals surface area contributed by atoms with Gasteiger partial charge in [-0.15, -0.1) is 0 Å². The molecule has 0 rings (SSSR count). The van der Waals surface area contributed by atoms with E-state index in [0.717, 1.165) is 4.43 Å². The maximum absolute atomic E-state index is 11.6. The first-order valence-electron chi connectivity index (χ1n) is 4.71. The van der Waals surface area contributed by atoms with E-state index in [0.29, 0.717) is 18.8 Å². The van der Waals surface area contributed by atoms with E-state index < -0.39 is 6.10 Å². The number of hydrogen-bond acceptors (Lipinski definition) is 3. The highest BCUT2D eigenvalue weighted by Gasteiger charge is 2.24. The lowest BCUT2D eigenvalue weighted by Gasteiger charge is -2.18. The van der Waals surface area contributed by atoms with Crippen molar-refractivity contribution in [2.45, 2.75) is 33.3 Å². The summed E-state index contributed by atoms with van der Waals surface area (Å²) >= 11 is 2.26. The zero-order valence-electron chi connectivity index (χ0n) is 8.83. The van der Waals surface area contributed by atoms with Gasteiger partial charge in [-0.05, 0) is 12.3 Å². The number of ketones is 1. The molecule has 0 spiro atoms. The van der Waals surface area contributed by atoms with E-state index in [4.69, 9.17) is 4.74 Å². The second-order valence-corrected chi connectivity index (χ2v) is 4.65. The van der Waals surface area contributed by atoms with Crippen LogP contribution in [-0.4, -0.2) is 22.8 Å². The Hall–Kier alpha value is -0.130. The summed E-state index contributed by atoms with van der Waals surface area (Å²) in [6.45, 7) is 6.04. The maximum atomic E-state index is 11.6. The molecule has 0 aromatic heterocycles. The fourth-order valence-corrected chi connectivity index (χ4v) is 1.47. The van der Waals surface area contributed by atoms with E-state index in [-0.39, 0.29) is 11.7 Å². The first-order chi connectivity index (χ1) is 6.52. The van der Waals surface area contributed by atoms with Crippen LogP contribution in [0.5, 0.6) is 0 Å². The van der Waals surface area contributed by atoms with Crippen molar-refractivity contribution in [2.75, 3.05) is 4.43 Å². The maximum Gasteiger partial charge on any atom is 0.293 e. The van der Waals surface area contributed by atoms with Gasteiger partial charge in [0.25, 0.3) is 6.47 Å². The molecule has 82 valence electrons. The van der Waals surface area contributed by atoms with Gasteiger partial charge >= 0.3 is 0 Å². The Bertz CT molecular complexity index is 192. The molecule has 4 heteroatoms. The van der Waals surface area contributed by atoms with E-state index in [1.165, 1.54) is 0 Å². The summed E-state index contributed by atoms with van der Waals surface area (Å²) in [5.74, 6) is 0.318. The number of halogens is 1. The highest BCUT2D eigenvalue weighted by atomic mass is 127. The van der Waals surface area contributed by atoms with Gasteiger partial charge in [0.05, 0.1) is 0 Å². The van der Waals surface area contributed by atoms with Crippen molar-refractivity contribution in [1.29, 1.82) is 0 Å². The zero-order chi connectivity index (χ0) is 11.1. The number of carbonyl (C=O) groups excluding carboxylic acids is 2. The van der Waals surface area contributed by atoms with Crippen molar-refractivity contribution in [2.24, 2.45) is 11.8 Å². The molecule has 3 nitrogen and oxygen atoms in total. The van der Waals surface area contributed by atoms with Crippen LogP contribution in [0.25, 0.3) is 0 Å². The number of rotatable bonds is 7. The van der Waals surface area contributed by atoms with Crippen LogP contribution in [0, 0.1) is 11.8 Å². The van der Waals surface area contributed by atoms with Gasteiger partial charge in [-0.3, -0.25) is 9.59 Å². The Kier molecular flexibility index (Phi) is 7.13. The molecule has 0 aliphatic heterocycles. The first-order valence-corrected chi connectivity index (χ1v) is 6.24. The molecule has 0 aliphatic rings. The standard InChI is InChI=1S/C10H17IO3/c1-7(2)10(13)9(14-6-12)4-8(3)5-11/h6-9H,4-5H2,1-3H3/t8-,9+/m0/s1. The fourth-order valence-electron chi connectivity index (χ4n) is 1.11. The van der Waals surface area contributed by atoms with Crippen LogP contribution in [-0.2, 0) is 14.3 Å². The molecule has 0 saturated heterocycles. The van der Waals surface area contributed by atoms with E-state index in [2.05, 4.69) is 22.6 Å². The third-order valence-corrected chi connectivity index (χ3v) is 3.49. The Morgan fingerprint density at radius 2 is 2.00 bits per heavy atom. The average molecular weight is 312 g/mol. The van der Waals surface area contributed by atoms with Crippen LogP contribution < -0.4 is 0 Å². The molecular formula is C10H17IO3. The van der Waals surface area contributed by atoms with Crippen LogP contribution in [0.4, 0.5) is 0 Å². The van der Waals surface area contributed by atoms with Crippen molar-refractivity contribution in [3.8, 4) is 0 Å². The molecule has 0 amide bonds. The lowest BCUT2D eigenvalue weighted by Crippen LogP contribution is -2.30. The van der Waals surface area contributed by atoms with Crippen LogP contribution in [0.3, 0.4) is 0 Å². The lowest BCUT2D eigenvalue weighted by atomic mass is 9.96. The van der Waals surface area contributed by atoms with Crippen molar-refractivity contribution in [1.82, 2.24) is 0 Å². The number of Topliss-reactive ketones (excluding diaryl/α,β-unsaturated/α-hetero) is 1. The topological polar surface area (TPSA) is 43.4 Å². The number of alkyl halides is 1. The highest BCUT2D eigenvalue weighted by molar-refractivity contribution is 14.1. The molecule has 0 aromatic rings. The third kappa shape index (κ3) is 4.93. The second kappa shape index (κ2) is 7.20. The van der Waals surface area contributed by atoms with Gasteiger partial charge in [-0.2, -0.15) is 0 Å². The third-order valence-electron chi connectivity index (χ3n) is 1.99. The molecule has 2 atom stereocenters. The molecule has 0 radical (unpaired) electrons. The van der Waals surface area contributed by atoms with Crippen molar-refractivity contribution in [3.05, 3.63) is 0 Å². The summed E-state index contributed by atoms with van der Waals surface area (Å²) in [5, 5.41) is 0. The fraction of sp³-hybridized carbons (Fsp3) is 0.800. The SMILES string of the molecule is CC(C)C(=O)[C@@H](C[C@H](C)CI)OC=O. The predicted molar refractivity (Wildman–Crippen MR) is 63.5 cm³/mol. The molecule has 0 bridgehead atoms. The summed E-state index contributed by atoms with van der Waals surface area (Å²) in [6.07, 6.45) is 0.0656. The molecular weight excluding hydrogens is 295 g/mol. The summed E-state index contributed by atoms with van der Waals surface area (Å²) in [7, 11) is 0. The van der Waals surface area contributed by atoms with Crippen molar-refractivity contribution in [3.63, 3.8) is 0 Å². The first kappa shape index (κ1) is 13.9. The van der Waals surface area contributed by atoms with Gasteiger partial charge in [0.2, 0.25) is 0 Å². The summed E-state index contributed by atoms with van der Waals surface area (Å²) in [6, 6.07) is 0. The number of hydrogen-bond donors (Lipinski definition) is 0. The number of ether oxygens (including phenoxy) is 1. The Morgan fingerprint density at radius 3 is 2.36 bits per heavy atom. The van der Waals surface area contributed by atoms with E-state index in [1.54, 1.807) is 0 Å². The number of carbonyl (C=O) groups is 2. The minimum Gasteiger partial charge on any atom is -0.457 e. The van der Waals surface area contributed by atoms with Crippen LogP contribution in [0.2, 0.25) is 0 Å². The molecule has 0 aliphatic carbocycles. The largest absolute Gasteiger partial charge is 0.457 e. The van der Waals surface area contributed by atoms with Crippen molar-refractivity contribution < 1.29 is 14.3 Å². The van der Waals surface area contributed by atoms with Gasteiger partial charge in [0, 0.05) is 10.3 Å². The Balaban J connectivity index is 4.27. The molecule has 14 heavy (non-hydrogen) atoms. The molecule has 0 fully saturated rings. The van der Waals surface area contributed by atoms with Crippen LogP contribution >= 0.6 is 22.6 Å². The van der Waals surface area contributed by atoms with E-state index in [9.17, 15) is 9.59 Å². The lowest BCUT2D eigenvalue weighted by molar-refractivity contribution is -0.146. The smallest absolute Gasteiger partial charge is 0.293 e. The normalized spacial score (nSPS) is 14.9. The molecule has 0 heterocycles. The predicted octanol–water partition coefficient (Wildman–Crippen LogP) is 2.21. The minimum atomic E-state index is -0.558. The summed E-state index contributed by atoms with van der Waals surface area (Å²) < 4.78 is 5.76. The van der Waals surface area contributed by atoms with E-state index >= 15 is 0 Å². The monoisotopic (exact) mass is 312 g/mol. The van der Waals surface area contributed by atoms with Crippen LogP contribution in [0.1, 0.15) is 27.2 Å². The summed E-state index contributed by atoms with van der Waals surface area (Å²) in [4.78, 5) is 21.8. The molecule has 0 unspecified atom stereocenters. The Morgan fingerprint density at radius 1 is 1.43 bits per heavy atom. The van der Waals surface area contributed by atoms with Gasteiger partial charge in [-0.25, -0.2) is 0 Å². The van der Waals surface area contributed by atoms with Crippen LogP contribution in [0.15, 0.2) is 0 Å². The molecule has 0 saturated carbocycles. The van der Waals surface area contributed by atoms with Gasteiger partial charge in [0.15, 0.2) is 11.9 Å². The quantitative estimate of drug-likeness (QED) is 0.411. The zero-order valence-corrected chi connectivity index (χ0v) is 11.0. The van der Waals surface area contributed by atoms with Crippen molar-refractivity contribution >= 4 is 34.8 Å². The highest BCUT2D eigenvalue weighted by Crippen LogP contribution is 2.15. The summed E-state index contributed by atoms with van der Waals surface area (Å²) in [5.41, 5.74) is 0. The van der Waals surface area contributed by atoms with E-state index in [1.807, 2.05) is 20.8 Å². The molecule has 0 aromatic carbocycles. The minimum absolute atomic E-state index is 0.00815. The second-order valence-electron chi connectivity index (χ2n) is 3.77. The average Bonchev–Trinajstić information content (AvgIpc) is 2.15. The van der Waals surface area contributed by atoms with Gasteiger partial charge < -0.3 is 4.74 Å². The Labute approximate surface area is 98.7 Å². The van der Waals surface area contributed by atoms with Gasteiger partial charge in [0.1, 0.15) is 0 Å².